The Hall–Kier alpha value is -1.96. The number of rotatable bonds is 4. The monoisotopic (exact) mass is 304 g/mol. The summed E-state index contributed by atoms with van der Waals surface area (Å²) >= 11 is 1.56. The van der Waals surface area contributed by atoms with Gasteiger partial charge < -0.3 is 4.52 Å². The van der Waals surface area contributed by atoms with Crippen LogP contribution in [-0.2, 0) is 7.05 Å². The Balaban J connectivity index is 1.87. The highest BCUT2D eigenvalue weighted by molar-refractivity contribution is 7.99. The molecule has 110 valence electrons. The molecule has 0 spiro atoms. The van der Waals surface area contributed by atoms with Gasteiger partial charge in [-0.2, -0.15) is 10.1 Å². The van der Waals surface area contributed by atoms with Gasteiger partial charge in [0.25, 0.3) is 0 Å². The van der Waals surface area contributed by atoms with Crippen molar-refractivity contribution in [2.45, 2.75) is 37.0 Å². The summed E-state index contributed by atoms with van der Waals surface area (Å²) in [5.74, 6) is 1.59. The van der Waals surface area contributed by atoms with E-state index in [2.05, 4.69) is 25.2 Å². The lowest BCUT2D eigenvalue weighted by atomic mass is 10.2. The van der Waals surface area contributed by atoms with Crippen LogP contribution in [0.3, 0.4) is 0 Å². The molecular formula is C13H16N6OS. The molecule has 0 bridgehead atoms. The average molecular weight is 304 g/mol. The highest BCUT2D eigenvalue weighted by atomic mass is 32.2. The van der Waals surface area contributed by atoms with E-state index in [1.54, 1.807) is 29.0 Å². The van der Waals surface area contributed by atoms with Crippen molar-refractivity contribution in [3.05, 3.63) is 24.2 Å². The summed E-state index contributed by atoms with van der Waals surface area (Å²) in [5.41, 5.74) is 0.813. The van der Waals surface area contributed by atoms with Gasteiger partial charge >= 0.3 is 0 Å². The molecule has 0 amide bonds. The standard InChI is InChI=1S/C13H16N6OS/c1-7(2)10-17-12(20-18-10)8(3)21-13-9-5-16-19(4)11(9)14-6-15-13/h5-8H,1-4H3. The van der Waals surface area contributed by atoms with Crippen LogP contribution >= 0.6 is 11.8 Å². The molecule has 0 aliphatic rings. The van der Waals surface area contributed by atoms with Crippen LogP contribution in [0.2, 0.25) is 0 Å². The third-order valence-corrected chi connectivity index (χ3v) is 4.21. The van der Waals surface area contributed by atoms with Crippen molar-refractivity contribution in [1.29, 1.82) is 0 Å². The second kappa shape index (κ2) is 5.44. The molecule has 3 aromatic heterocycles. The number of hydrogen-bond donors (Lipinski definition) is 0. The Kier molecular flexibility index (Phi) is 3.62. The van der Waals surface area contributed by atoms with E-state index < -0.39 is 0 Å². The first kappa shape index (κ1) is 14.0. The Morgan fingerprint density at radius 2 is 2.05 bits per heavy atom. The van der Waals surface area contributed by atoms with Gasteiger partial charge in [0, 0.05) is 13.0 Å². The minimum Gasteiger partial charge on any atom is -0.338 e. The highest BCUT2D eigenvalue weighted by Gasteiger charge is 2.19. The van der Waals surface area contributed by atoms with Crippen LogP contribution in [0.5, 0.6) is 0 Å². The molecule has 0 aromatic carbocycles. The molecule has 0 saturated heterocycles. The number of aryl methyl sites for hydroxylation is 1. The molecule has 0 N–H and O–H groups in total. The molecule has 0 aliphatic heterocycles. The molecule has 1 atom stereocenters. The lowest BCUT2D eigenvalue weighted by molar-refractivity contribution is 0.373. The molecule has 0 saturated carbocycles. The Morgan fingerprint density at radius 1 is 1.24 bits per heavy atom. The number of nitrogens with zero attached hydrogens (tertiary/aromatic N) is 6. The summed E-state index contributed by atoms with van der Waals surface area (Å²) in [6.45, 7) is 6.10. The van der Waals surface area contributed by atoms with E-state index in [4.69, 9.17) is 4.52 Å². The van der Waals surface area contributed by atoms with Gasteiger partial charge in [0.2, 0.25) is 5.89 Å². The van der Waals surface area contributed by atoms with Gasteiger partial charge in [0.1, 0.15) is 11.4 Å². The largest absolute Gasteiger partial charge is 0.338 e. The third-order valence-electron chi connectivity index (χ3n) is 3.10. The molecule has 8 heteroatoms. The summed E-state index contributed by atoms with van der Waals surface area (Å²) in [5, 5.41) is 10.0. The minimum atomic E-state index is 0.0170. The van der Waals surface area contributed by atoms with E-state index in [0.29, 0.717) is 5.89 Å². The summed E-state index contributed by atoms with van der Waals surface area (Å²) in [6, 6.07) is 0. The number of hydrogen-bond acceptors (Lipinski definition) is 7. The summed E-state index contributed by atoms with van der Waals surface area (Å²) in [6.07, 6.45) is 3.32. The molecule has 3 aromatic rings. The fraction of sp³-hybridized carbons (Fsp3) is 0.462. The zero-order valence-corrected chi connectivity index (χ0v) is 13.1. The highest BCUT2D eigenvalue weighted by Crippen LogP contribution is 2.36. The maximum Gasteiger partial charge on any atom is 0.239 e. The van der Waals surface area contributed by atoms with Gasteiger partial charge in [-0.1, -0.05) is 30.8 Å². The fourth-order valence-corrected chi connectivity index (χ4v) is 2.81. The number of fused-ring (bicyclic) bond motifs is 1. The summed E-state index contributed by atoms with van der Waals surface area (Å²) < 4.78 is 7.06. The molecule has 3 rings (SSSR count). The lowest BCUT2D eigenvalue weighted by Gasteiger charge is -2.06. The predicted octanol–water partition coefficient (Wildman–Crippen LogP) is 2.72. The van der Waals surface area contributed by atoms with Crippen molar-refractivity contribution < 1.29 is 4.52 Å². The first-order valence-electron chi connectivity index (χ1n) is 6.69. The SMILES string of the molecule is CC(C)c1noc(C(C)Sc2ncnc3c2cnn3C)n1. The quantitative estimate of drug-likeness (QED) is 0.541. The van der Waals surface area contributed by atoms with Crippen molar-refractivity contribution >= 4 is 22.8 Å². The topological polar surface area (TPSA) is 82.5 Å². The van der Waals surface area contributed by atoms with Crippen LogP contribution in [0.1, 0.15) is 43.7 Å². The average Bonchev–Trinajstić information content (AvgIpc) is 3.07. The van der Waals surface area contributed by atoms with Gasteiger partial charge in [-0.15, -0.1) is 0 Å². The second-order valence-corrected chi connectivity index (χ2v) is 6.42. The first-order valence-corrected chi connectivity index (χ1v) is 7.57. The minimum absolute atomic E-state index is 0.0170. The number of thioether (sulfide) groups is 1. The van der Waals surface area contributed by atoms with Gasteiger partial charge in [0.15, 0.2) is 11.5 Å². The van der Waals surface area contributed by atoms with Crippen molar-refractivity contribution in [3.8, 4) is 0 Å². The Bertz CT molecular complexity index is 765. The molecule has 21 heavy (non-hydrogen) atoms. The van der Waals surface area contributed by atoms with Crippen LogP contribution in [-0.4, -0.2) is 29.9 Å². The molecule has 7 nitrogen and oxygen atoms in total. The van der Waals surface area contributed by atoms with Gasteiger partial charge in [-0.25, -0.2) is 9.97 Å². The number of aromatic nitrogens is 6. The smallest absolute Gasteiger partial charge is 0.239 e. The van der Waals surface area contributed by atoms with E-state index in [0.717, 1.165) is 21.9 Å². The fourth-order valence-electron chi connectivity index (χ4n) is 1.90. The van der Waals surface area contributed by atoms with Crippen molar-refractivity contribution in [1.82, 2.24) is 29.9 Å². The molecule has 1 unspecified atom stereocenters. The maximum atomic E-state index is 5.33. The first-order chi connectivity index (χ1) is 10.1. The molecule has 0 radical (unpaired) electrons. The van der Waals surface area contributed by atoms with E-state index in [9.17, 15) is 0 Å². The molecule has 0 aliphatic carbocycles. The predicted molar refractivity (Wildman–Crippen MR) is 79.0 cm³/mol. The van der Waals surface area contributed by atoms with Crippen LogP contribution in [0.15, 0.2) is 22.1 Å². The van der Waals surface area contributed by atoms with E-state index in [1.807, 2.05) is 27.8 Å². The van der Waals surface area contributed by atoms with Crippen molar-refractivity contribution in [2.75, 3.05) is 0 Å². The lowest BCUT2D eigenvalue weighted by Crippen LogP contribution is -1.95. The Morgan fingerprint density at radius 3 is 2.76 bits per heavy atom. The third kappa shape index (κ3) is 2.63. The zero-order valence-electron chi connectivity index (χ0n) is 12.3. The van der Waals surface area contributed by atoms with E-state index >= 15 is 0 Å². The zero-order chi connectivity index (χ0) is 15.0. The van der Waals surface area contributed by atoms with E-state index in [1.165, 1.54) is 0 Å². The second-order valence-electron chi connectivity index (χ2n) is 5.09. The van der Waals surface area contributed by atoms with Gasteiger partial charge in [-0.3, -0.25) is 4.68 Å². The van der Waals surface area contributed by atoms with Crippen molar-refractivity contribution in [2.24, 2.45) is 7.05 Å². The van der Waals surface area contributed by atoms with Gasteiger partial charge in [-0.05, 0) is 6.92 Å². The molecule has 3 heterocycles. The van der Waals surface area contributed by atoms with Gasteiger partial charge in [0.05, 0.1) is 16.8 Å². The summed E-state index contributed by atoms with van der Waals surface area (Å²) in [7, 11) is 1.86. The molecule has 0 fully saturated rings. The van der Waals surface area contributed by atoms with E-state index in [-0.39, 0.29) is 11.2 Å². The van der Waals surface area contributed by atoms with Crippen LogP contribution < -0.4 is 0 Å². The summed E-state index contributed by atoms with van der Waals surface area (Å²) in [4.78, 5) is 13.0. The van der Waals surface area contributed by atoms with Crippen LogP contribution in [0, 0.1) is 0 Å². The van der Waals surface area contributed by atoms with Crippen LogP contribution in [0.4, 0.5) is 0 Å². The Labute approximate surface area is 126 Å². The van der Waals surface area contributed by atoms with Crippen LogP contribution in [0.25, 0.3) is 11.0 Å². The maximum absolute atomic E-state index is 5.33. The van der Waals surface area contributed by atoms with Crippen molar-refractivity contribution in [3.63, 3.8) is 0 Å². The molecular weight excluding hydrogens is 288 g/mol. The normalized spacial score (nSPS) is 13.2.